The normalized spacial score (nSPS) is 12.1. The van der Waals surface area contributed by atoms with Gasteiger partial charge in [0.15, 0.2) is 0 Å². The van der Waals surface area contributed by atoms with Crippen LogP contribution in [0.4, 0.5) is 5.69 Å². The summed E-state index contributed by atoms with van der Waals surface area (Å²) in [5.74, 6) is 1.65. The lowest BCUT2D eigenvalue weighted by Gasteiger charge is -2.11. The first-order chi connectivity index (χ1) is 9.54. The quantitative estimate of drug-likeness (QED) is 0.822. The summed E-state index contributed by atoms with van der Waals surface area (Å²) >= 11 is 0. The minimum absolute atomic E-state index is 0.0170. The summed E-state index contributed by atoms with van der Waals surface area (Å²) in [7, 11) is 0. The number of nitrogen functional groups attached to an aromatic ring is 1. The summed E-state index contributed by atoms with van der Waals surface area (Å²) in [6.45, 7) is 3.80. The Hall–Kier alpha value is -2.23. The molecule has 0 aliphatic carbocycles. The van der Waals surface area contributed by atoms with Crippen LogP contribution in [0, 0.1) is 6.92 Å². The Morgan fingerprint density at radius 2 is 1.95 bits per heavy atom. The van der Waals surface area contributed by atoms with Gasteiger partial charge in [-0.25, -0.2) is 0 Å². The average molecular weight is 272 g/mol. The maximum Gasteiger partial charge on any atom is 0.220 e. The zero-order valence-electron chi connectivity index (χ0n) is 11.8. The zero-order chi connectivity index (χ0) is 14.5. The number of rotatable bonds is 5. The molecule has 1 aromatic carbocycles. The highest BCUT2D eigenvalue weighted by Crippen LogP contribution is 2.16. The Morgan fingerprint density at radius 3 is 2.55 bits per heavy atom. The van der Waals surface area contributed by atoms with Crippen molar-refractivity contribution in [3.05, 3.63) is 53.5 Å². The van der Waals surface area contributed by atoms with E-state index in [9.17, 15) is 4.79 Å². The summed E-state index contributed by atoms with van der Waals surface area (Å²) in [5.41, 5.74) is 7.47. The number of carbonyl (C=O) groups excluding carboxylic acids is 1. The topological polar surface area (TPSA) is 68.3 Å². The van der Waals surface area contributed by atoms with E-state index in [2.05, 4.69) is 5.32 Å². The number of hydrogen-bond donors (Lipinski definition) is 2. The van der Waals surface area contributed by atoms with E-state index in [4.69, 9.17) is 10.2 Å². The smallest absolute Gasteiger partial charge is 0.220 e. The molecule has 1 amide bonds. The van der Waals surface area contributed by atoms with Gasteiger partial charge in [0.1, 0.15) is 11.5 Å². The third-order valence-corrected chi connectivity index (χ3v) is 3.19. The van der Waals surface area contributed by atoms with Crippen molar-refractivity contribution < 1.29 is 9.21 Å². The van der Waals surface area contributed by atoms with E-state index in [0.29, 0.717) is 12.8 Å². The van der Waals surface area contributed by atoms with Crippen LogP contribution in [0.1, 0.15) is 36.5 Å². The highest BCUT2D eigenvalue weighted by Gasteiger charge is 2.12. The number of furan rings is 1. The lowest BCUT2D eigenvalue weighted by molar-refractivity contribution is -0.121. The second-order valence-corrected chi connectivity index (χ2v) is 4.98. The monoisotopic (exact) mass is 272 g/mol. The summed E-state index contributed by atoms with van der Waals surface area (Å²) < 4.78 is 5.49. The van der Waals surface area contributed by atoms with Gasteiger partial charge in [0, 0.05) is 12.1 Å². The van der Waals surface area contributed by atoms with Crippen molar-refractivity contribution in [1.82, 2.24) is 5.32 Å². The maximum absolute atomic E-state index is 11.9. The first-order valence-electron chi connectivity index (χ1n) is 6.74. The molecule has 3 N–H and O–H groups in total. The van der Waals surface area contributed by atoms with Gasteiger partial charge >= 0.3 is 0 Å². The molecule has 0 aliphatic rings. The van der Waals surface area contributed by atoms with Gasteiger partial charge in [0.2, 0.25) is 5.91 Å². The Kier molecular flexibility index (Phi) is 4.45. The molecule has 0 fully saturated rings. The molecule has 0 aliphatic heterocycles. The average Bonchev–Trinajstić information content (AvgIpc) is 2.85. The Morgan fingerprint density at radius 1 is 1.25 bits per heavy atom. The number of carbonyl (C=O) groups is 1. The highest BCUT2D eigenvalue weighted by molar-refractivity contribution is 5.76. The van der Waals surface area contributed by atoms with Crippen molar-refractivity contribution in [3.63, 3.8) is 0 Å². The predicted molar refractivity (Wildman–Crippen MR) is 79.2 cm³/mol. The van der Waals surface area contributed by atoms with E-state index in [1.165, 1.54) is 0 Å². The first-order valence-corrected chi connectivity index (χ1v) is 6.74. The second-order valence-electron chi connectivity index (χ2n) is 4.98. The molecule has 1 aromatic heterocycles. The molecule has 1 atom stereocenters. The van der Waals surface area contributed by atoms with E-state index in [0.717, 1.165) is 22.8 Å². The zero-order valence-corrected chi connectivity index (χ0v) is 11.8. The fourth-order valence-electron chi connectivity index (χ4n) is 2.01. The van der Waals surface area contributed by atoms with Crippen LogP contribution in [-0.4, -0.2) is 5.91 Å². The second kappa shape index (κ2) is 6.28. The number of aryl methyl sites for hydroxylation is 2. The van der Waals surface area contributed by atoms with Gasteiger partial charge in [-0.15, -0.1) is 0 Å². The minimum Gasteiger partial charge on any atom is -0.464 e. The van der Waals surface area contributed by atoms with Crippen molar-refractivity contribution in [1.29, 1.82) is 0 Å². The summed E-state index contributed by atoms with van der Waals surface area (Å²) in [4.78, 5) is 11.9. The van der Waals surface area contributed by atoms with Gasteiger partial charge in [0.25, 0.3) is 0 Å². The summed E-state index contributed by atoms with van der Waals surface area (Å²) in [6.07, 6.45) is 1.16. The molecule has 4 nitrogen and oxygen atoms in total. The fourth-order valence-corrected chi connectivity index (χ4v) is 2.01. The Balaban J connectivity index is 1.82. The molecule has 106 valence electrons. The summed E-state index contributed by atoms with van der Waals surface area (Å²) in [5, 5.41) is 2.93. The van der Waals surface area contributed by atoms with Gasteiger partial charge in [-0.2, -0.15) is 0 Å². The van der Waals surface area contributed by atoms with Gasteiger partial charge in [0.05, 0.1) is 6.04 Å². The lowest BCUT2D eigenvalue weighted by Crippen LogP contribution is -2.26. The maximum atomic E-state index is 11.9. The number of benzene rings is 1. The Labute approximate surface area is 119 Å². The number of hydrogen-bond acceptors (Lipinski definition) is 3. The number of nitrogens with one attached hydrogen (secondary N) is 1. The number of anilines is 1. The van der Waals surface area contributed by atoms with Crippen molar-refractivity contribution in [2.75, 3.05) is 5.73 Å². The first kappa shape index (κ1) is 14.2. The van der Waals surface area contributed by atoms with E-state index in [1.807, 2.05) is 50.2 Å². The van der Waals surface area contributed by atoms with E-state index >= 15 is 0 Å². The van der Waals surface area contributed by atoms with Crippen LogP contribution in [0.15, 0.2) is 40.8 Å². The predicted octanol–water partition coefficient (Wildman–Crippen LogP) is 2.98. The third-order valence-electron chi connectivity index (χ3n) is 3.19. The number of nitrogens with two attached hydrogens (primary N) is 1. The van der Waals surface area contributed by atoms with Crippen molar-refractivity contribution in [3.8, 4) is 0 Å². The van der Waals surface area contributed by atoms with Crippen LogP contribution < -0.4 is 11.1 Å². The van der Waals surface area contributed by atoms with Gasteiger partial charge in [-0.3, -0.25) is 4.79 Å². The van der Waals surface area contributed by atoms with Gasteiger partial charge in [-0.1, -0.05) is 12.1 Å². The highest BCUT2D eigenvalue weighted by atomic mass is 16.3. The molecule has 1 heterocycles. The molecule has 0 bridgehead atoms. The molecule has 4 heteroatoms. The van der Waals surface area contributed by atoms with Crippen molar-refractivity contribution >= 4 is 11.6 Å². The van der Waals surface area contributed by atoms with E-state index in [-0.39, 0.29) is 11.9 Å². The van der Waals surface area contributed by atoms with Crippen LogP contribution in [-0.2, 0) is 11.2 Å². The standard InChI is InChI=1S/C16H20N2O2/c1-11-3-9-15(20-11)12(2)18-16(19)10-6-13-4-7-14(17)8-5-13/h3-5,7-9,12H,6,10,17H2,1-2H3,(H,18,19). The summed E-state index contributed by atoms with van der Waals surface area (Å²) in [6, 6.07) is 11.3. The third kappa shape index (κ3) is 3.88. The Bertz CT molecular complexity index is 572. The molecule has 1 unspecified atom stereocenters. The van der Waals surface area contributed by atoms with Gasteiger partial charge < -0.3 is 15.5 Å². The van der Waals surface area contributed by atoms with Crippen LogP contribution in [0.2, 0.25) is 0 Å². The van der Waals surface area contributed by atoms with Crippen LogP contribution in [0.3, 0.4) is 0 Å². The van der Waals surface area contributed by atoms with E-state index in [1.54, 1.807) is 0 Å². The van der Waals surface area contributed by atoms with Crippen LogP contribution in [0.5, 0.6) is 0 Å². The molecule has 0 spiro atoms. The molecular formula is C16H20N2O2. The molecule has 2 aromatic rings. The molecule has 20 heavy (non-hydrogen) atoms. The minimum atomic E-state index is -0.109. The van der Waals surface area contributed by atoms with E-state index < -0.39 is 0 Å². The molecule has 0 saturated carbocycles. The van der Waals surface area contributed by atoms with Crippen LogP contribution in [0.25, 0.3) is 0 Å². The van der Waals surface area contributed by atoms with Gasteiger partial charge in [-0.05, 0) is 50.1 Å². The molecular weight excluding hydrogens is 252 g/mol. The molecule has 0 saturated heterocycles. The van der Waals surface area contributed by atoms with Crippen molar-refractivity contribution in [2.45, 2.75) is 32.7 Å². The number of amides is 1. The largest absolute Gasteiger partial charge is 0.464 e. The molecule has 2 rings (SSSR count). The van der Waals surface area contributed by atoms with Crippen LogP contribution >= 0.6 is 0 Å². The molecule has 0 radical (unpaired) electrons. The SMILES string of the molecule is Cc1ccc(C(C)NC(=O)CCc2ccc(N)cc2)o1. The lowest BCUT2D eigenvalue weighted by atomic mass is 10.1. The van der Waals surface area contributed by atoms with Crippen molar-refractivity contribution in [2.24, 2.45) is 0 Å². The fraction of sp³-hybridized carbons (Fsp3) is 0.312.